The lowest BCUT2D eigenvalue weighted by atomic mass is 10.2. The smallest absolute Gasteiger partial charge is 0.324 e. The summed E-state index contributed by atoms with van der Waals surface area (Å²) < 4.78 is 40.9. The first kappa shape index (κ1) is 18.7. The first-order valence-corrected chi connectivity index (χ1v) is 8.63. The van der Waals surface area contributed by atoms with Gasteiger partial charge >= 0.3 is 6.18 Å². The minimum absolute atomic E-state index is 0.165. The number of aromatic nitrogens is 3. The van der Waals surface area contributed by atoms with E-state index in [0.29, 0.717) is 11.3 Å². The van der Waals surface area contributed by atoms with Crippen molar-refractivity contribution in [2.24, 2.45) is 7.05 Å². The number of aryl methyl sites for hydroxylation is 2. The molecule has 3 heterocycles. The number of hydrogen-bond donors (Lipinski definition) is 1. The summed E-state index contributed by atoms with van der Waals surface area (Å²) in [6.45, 7) is 1.83. The molecule has 29 heavy (non-hydrogen) atoms. The zero-order chi connectivity index (χ0) is 20.9. The molecule has 0 aliphatic carbocycles. The molecule has 1 amide bonds. The van der Waals surface area contributed by atoms with Crippen LogP contribution in [0.25, 0.3) is 16.7 Å². The van der Waals surface area contributed by atoms with Gasteiger partial charge in [0, 0.05) is 18.9 Å². The van der Waals surface area contributed by atoms with E-state index in [-0.39, 0.29) is 22.3 Å². The van der Waals surface area contributed by atoms with Gasteiger partial charge in [0.2, 0.25) is 0 Å². The van der Waals surface area contributed by atoms with Crippen molar-refractivity contribution in [3.63, 3.8) is 0 Å². The van der Waals surface area contributed by atoms with Gasteiger partial charge in [-0.2, -0.15) is 13.2 Å². The Morgan fingerprint density at radius 3 is 2.45 bits per heavy atom. The maximum absolute atomic E-state index is 12.8. The Hall–Kier alpha value is -3.62. The summed E-state index contributed by atoms with van der Waals surface area (Å²) in [6, 6.07) is 9.12. The Labute approximate surface area is 162 Å². The molecule has 1 N–H and O–H groups in total. The van der Waals surface area contributed by atoms with Crippen molar-refractivity contribution in [3.05, 3.63) is 75.8 Å². The van der Waals surface area contributed by atoms with E-state index in [1.54, 1.807) is 19.3 Å². The Balaban J connectivity index is 1.74. The topological polar surface area (TPSA) is 68.4 Å². The number of carbonyl (C=O) groups is 1. The van der Waals surface area contributed by atoms with E-state index in [9.17, 15) is 22.8 Å². The molecule has 0 fully saturated rings. The quantitative estimate of drug-likeness (QED) is 0.557. The molecule has 0 bridgehead atoms. The molecular weight excluding hydrogens is 385 g/mol. The molecule has 1 aromatic carbocycles. The fraction of sp³-hybridized carbons (Fsp3) is 0.150. The van der Waals surface area contributed by atoms with Crippen LogP contribution in [0.15, 0.2) is 53.5 Å². The normalized spacial score (nSPS) is 11.9. The standard InChI is InChI=1S/C20H15F3N4O2/c1-11-4-3-9-27-16(11)25-17-14(19(27)29)10-15(26(17)2)18(28)24-13-7-5-12(6-8-13)20(21,22)23/h3-10H,1-2H3,(H,24,28). The van der Waals surface area contributed by atoms with Gasteiger partial charge in [-0.1, -0.05) is 6.07 Å². The number of hydrogen-bond acceptors (Lipinski definition) is 3. The van der Waals surface area contributed by atoms with Crippen LogP contribution in [0, 0.1) is 6.92 Å². The van der Waals surface area contributed by atoms with Gasteiger partial charge in [0.25, 0.3) is 11.5 Å². The number of nitrogens with zero attached hydrogens (tertiary/aromatic N) is 3. The lowest BCUT2D eigenvalue weighted by Crippen LogP contribution is -2.16. The molecule has 3 aromatic heterocycles. The van der Waals surface area contributed by atoms with E-state index in [1.165, 1.54) is 27.2 Å². The highest BCUT2D eigenvalue weighted by Gasteiger charge is 2.30. The van der Waals surface area contributed by atoms with Crippen LogP contribution >= 0.6 is 0 Å². The van der Waals surface area contributed by atoms with Gasteiger partial charge in [-0.05, 0) is 48.9 Å². The van der Waals surface area contributed by atoms with Gasteiger partial charge in [0.05, 0.1) is 10.9 Å². The van der Waals surface area contributed by atoms with E-state index in [2.05, 4.69) is 10.3 Å². The van der Waals surface area contributed by atoms with Gasteiger partial charge < -0.3 is 9.88 Å². The highest BCUT2D eigenvalue weighted by molar-refractivity contribution is 6.06. The molecule has 0 radical (unpaired) electrons. The number of anilines is 1. The largest absolute Gasteiger partial charge is 0.416 e. The van der Waals surface area contributed by atoms with E-state index in [1.807, 2.05) is 13.0 Å². The summed E-state index contributed by atoms with van der Waals surface area (Å²) in [4.78, 5) is 30.0. The second-order valence-corrected chi connectivity index (χ2v) is 6.66. The summed E-state index contributed by atoms with van der Waals surface area (Å²) in [5, 5.41) is 2.82. The third-order valence-electron chi connectivity index (χ3n) is 4.73. The Morgan fingerprint density at radius 1 is 1.10 bits per heavy atom. The molecule has 4 rings (SSSR count). The highest BCUT2D eigenvalue weighted by atomic mass is 19.4. The average Bonchev–Trinajstić information content (AvgIpc) is 3.00. The molecule has 0 aliphatic heterocycles. The maximum Gasteiger partial charge on any atom is 0.416 e. The van der Waals surface area contributed by atoms with Gasteiger partial charge in [-0.15, -0.1) is 0 Å². The van der Waals surface area contributed by atoms with Crippen LogP contribution in [0.5, 0.6) is 0 Å². The van der Waals surface area contributed by atoms with E-state index in [0.717, 1.165) is 17.7 Å². The summed E-state index contributed by atoms with van der Waals surface area (Å²) in [6.07, 6.45) is -2.85. The number of halogens is 3. The number of pyridine rings is 1. The lowest BCUT2D eigenvalue weighted by Gasteiger charge is -2.09. The lowest BCUT2D eigenvalue weighted by molar-refractivity contribution is -0.137. The van der Waals surface area contributed by atoms with Crippen molar-refractivity contribution in [2.75, 3.05) is 5.32 Å². The van der Waals surface area contributed by atoms with Crippen LogP contribution in [-0.4, -0.2) is 19.9 Å². The van der Waals surface area contributed by atoms with Gasteiger partial charge in [-0.3, -0.25) is 14.0 Å². The van der Waals surface area contributed by atoms with E-state index >= 15 is 0 Å². The van der Waals surface area contributed by atoms with Crippen molar-refractivity contribution in [1.29, 1.82) is 0 Å². The third kappa shape index (κ3) is 3.14. The Morgan fingerprint density at radius 2 is 1.79 bits per heavy atom. The highest BCUT2D eigenvalue weighted by Crippen LogP contribution is 2.30. The number of benzene rings is 1. The zero-order valence-electron chi connectivity index (χ0n) is 15.4. The predicted octanol–water partition coefficient (Wildman–Crippen LogP) is 3.77. The minimum atomic E-state index is -4.45. The molecule has 0 spiro atoms. The molecule has 0 saturated heterocycles. The van der Waals surface area contributed by atoms with E-state index in [4.69, 9.17) is 0 Å². The monoisotopic (exact) mass is 400 g/mol. The predicted molar refractivity (Wildman–Crippen MR) is 102 cm³/mol. The van der Waals surface area contributed by atoms with E-state index < -0.39 is 17.6 Å². The Kier molecular flexibility index (Phi) is 4.18. The minimum Gasteiger partial charge on any atom is -0.324 e. The fourth-order valence-electron chi connectivity index (χ4n) is 3.19. The first-order chi connectivity index (χ1) is 13.7. The van der Waals surface area contributed by atoms with Crippen LogP contribution in [-0.2, 0) is 13.2 Å². The second kappa shape index (κ2) is 6.47. The summed E-state index contributed by atoms with van der Waals surface area (Å²) in [5.41, 5.74) is 0.903. The molecular formula is C20H15F3N4O2. The van der Waals surface area contributed by atoms with Crippen molar-refractivity contribution in [1.82, 2.24) is 14.0 Å². The molecule has 0 saturated carbocycles. The second-order valence-electron chi connectivity index (χ2n) is 6.66. The first-order valence-electron chi connectivity index (χ1n) is 8.63. The van der Waals surface area contributed by atoms with Crippen LogP contribution < -0.4 is 10.9 Å². The van der Waals surface area contributed by atoms with Crippen LogP contribution in [0.4, 0.5) is 18.9 Å². The fourth-order valence-corrected chi connectivity index (χ4v) is 3.19. The van der Waals surface area contributed by atoms with Gasteiger partial charge in [0.1, 0.15) is 17.0 Å². The van der Waals surface area contributed by atoms with Crippen molar-refractivity contribution in [2.45, 2.75) is 13.1 Å². The molecule has 6 nitrogen and oxygen atoms in total. The Bertz CT molecular complexity index is 1320. The van der Waals surface area contributed by atoms with Crippen LogP contribution in [0.3, 0.4) is 0 Å². The number of carbonyl (C=O) groups excluding carboxylic acids is 1. The molecule has 0 unspecified atom stereocenters. The third-order valence-corrected chi connectivity index (χ3v) is 4.73. The van der Waals surface area contributed by atoms with Gasteiger partial charge in [0.15, 0.2) is 0 Å². The number of amides is 1. The summed E-state index contributed by atoms with van der Waals surface area (Å²) in [5.74, 6) is -0.560. The number of nitrogens with one attached hydrogen (secondary N) is 1. The zero-order valence-corrected chi connectivity index (χ0v) is 15.4. The molecule has 0 aliphatic rings. The van der Waals surface area contributed by atoms with Crippen molar-refractivity contribution >= 4 is 28.3 Å². The molecule has 148 valence electrons. The summed E-state index contributed by atoms with van der Waals surface area (Å²) in [7, 11) is 1.60. The number of rotatable bonds is 2. The van der Waals surface area contributed by atoms with Crippen molar-refractivity contribution in [3.8, 4) is 0 Å². The molecule has 0 atom stereocenters. The van der Waals surface area contributed by atoms with Crippen LogP contribution in [0.2, 0.25) is 0 Å². The molecule has 9 heteroatoms. The summed E-state index contributed by atoms with van der Waals surface area (Å²) >= 11 is 0. The molecule has 4 aromatic rings. The van der Waals surface area contributed by atoms with Crippen molar-refractivity contribution < 1.29 is 18.0 Å². The maximum atomic E-state index is 12.8. The number of fused-ring (bicyclic) bond motifs is 2. The number of alkyl halides is 3. The van der Waals surface area contributed by atoms with Crippen LogP contribution in [0.1, 0.15) is 21.6 Å². The SMILES string of the molecule is Cc1cccn2c(=O)c3cc(C(=O)Nc4ccc(C(F)(F)F)cc4)n(C)c3nc12. The average molecular weight is 400 g/mol. The van der Waals surface area contributed by atoms with Gasteiger partial charge in [-0.25, -0.2) is 4.98 Å².